The molecule has 108 valence electrons. The van der Waals surface area contributed by atoms with Gasteiger partial charge in [0.05, 0.1) is 10.2 Å². The van der Waals surface area contributed by atoms with Crippen molar-refractivity contribution < 1.29 is 0 Å². The van der Waals surface area contributed by atoms with E-state index in [-0.39, 0.29) is 0 Å². The Morgan fingerprint density at radius 1 is 1.24 bits per heavy atom. The average molecular weight is 297 g/mol. The van der Waals surface area contributed by atoms with Gasteiger partial charge in [0.25, 0.3) is 0 Å². The molecule has 0 saturated heterocycles. The highest BCUT2D eigenvalue weighted by Crippen LogP contribution is 2.28. The van der Waals surface area contributed by atoms with E-state index in [1.54, 1.807) is 17.5 Å². The molecule has 2 rings (SSSR count). The summed E-state index contributed by atoms with van der Waals surface area (Å²) in [7, 11) is 0. The fourth-order valence-corrected chi connectivity index (χ4v) is 2.93. The molecule has 0 radical (unpaired) electrons. The Kier molecular flexibility index (Phi) is 4.95. The van der Waals surface area contributed by atoms with Crippen LogP contribution < -0.4 is 10.6 Å². The zero-order valence-electron chi connectivity index (χ0n) is 12.3. The van der Waals surface area contributed by atoms with Gasteiger partial charge in [-0.1, -0.05) is 48.8 Å². The number of hydrogen-bond donors (Lipinski definition) is 2. The summed E-state index contributed by atoms with van der Waals surface area (Å²) in [5.74, 6) is 0. The van der Waals surface area contributed by atoms with Crippen LogP contribution in [0.1, 0.15) is 13.8 Å². The topological polar surface area (TPSA) is 37.0 Å². The second kappa shape index (κ2) is 6.90. The predicted molar refractivity (Wildman–Crippen MR) is 93.2 cm³/mol. The Morgan fingerprint density at radius 3 is 2.62 bits per heavy atom. The highest BCUT2D eigenvalue weighted by molar-refractivity contribution is 7.22. The van der Waals surface area contributed by atoms with E-state index in [2.05, 4.69) is 34.8 Å². The zero-order chi connectivity index (χ0) is 15.2. The van der Waals surface area contributed by atoms with Gasteiger partial charge in [-0.25, -0.2) is 4.98 Å². The molecule has 2 aromatic rings. The SMILES string of the molecule is C=CNC(=C/C)/C(=C\C)C(=C)Nc1nc2ccccc2s1. The third kappa shape index (κ3) is 3.41. The van der Waals surface area contributed by atoms with Crippen LogP contribution in [-0.4, -0.2) is 4.98 Å². The van der Waals surface area contributed by atoms with Crippen molar-refractivity contribution in [1.29, 1.82) is 0 Å². The summed E-state index contributed by atoms with van der Waals surface area (Å²) >= 11 is 1.62. The predicted octanol–water partition coefficient (Wildman–Crippen LogP) is 4.81. The summed E-state index contributed by atoms with van der Waals surface area (Å²) < 4.78 is 1.16. The van der Waals surface area contributed by atoms with Crippen molar-refractivity contribution >= 4 is 26.7 Å². The van der Waals surface area contributed by atoms with E-state index >= 15 is 0 Å². The largest absolute Gasteiger partial charge is 0.362 e. The van der Waals surface area contributed by atoms with Gasteiger partial charge in [-0.3, -0.25) is 0 Å². The minimum atomic E-state index is 0.805. The minimum Gasteiger partial charge on any atom is -0.362 e. The minimum absolute atomic E-state index is 0.805. The second-order valence-corrected chi connectivity index (χ2v) is 5.37. The van der Waals surface area contributed by atoms with Crippen molar-refractivity contribution in [3.8, 4) is 0 Å². The molecule has 0 fully saturated rings. The molecular formula is C17H19N3S. The number of rotatable bonds is 6. The van der Waals surface area contributed by atoms with Crippen LogP contribution in [0.4, 0.5) is 5.13 Å². The molecule has 2 N–H and O–H groups in total. The van der Waals surface area contributed by atoms with Gasteiger partial charge in [-0.05, 0) is 32.2 Å². The number of nitrogens with zero attached hydrogens (tertiary/aromatic N) is 1. The lowest BCUT2D eigenvalue weighted by atomic mass is 10.1. The second-order valence-electron chi connectivity index (χ2n) is 4.34. The molecule has 21 heavy (non-hydrogen) atoms. The molecule has 1 aromatic carbocycles. The summed E-state index contributed by atoms with van der Waals surface area (Å²) in [5, 5.41) is 7.24. The van der Waals surface area contributed by atoms with Crippen molar-refractivity contribution in [3.05, 3.63) is 72.7 Å². The Balaban J connectivity index is 2.21. The molecule has 0 spiro atoms. The average Bonchev–Trinajstić information content (AvgIpc) is 2.89. The first kappa shape index (κ1) is 15.1. The van der Waals surface area contributed by atoms with Crippen LogP contribution in [0, 0.1) is 0 Å². The monoisotopic (exact) mass is 297 g/mol. The zero-order valence-corrected chi connectivity index (χ0v) is 13.1. The van der Waals surface area contributed by atoms with E-state index < -0.39 is 0 Å². The molecule has 0 bridgehead atoms. The van der Waals surface area contributed by atoms with Crippen molar-refractivity contribution in [2.24, 2.45) is 0 Å². The van der Waals surface area contributed by atoms with Crippen LogP contribution in [0.5, 0.6) is 0 Å². The number of para-hydroxylation sites is 1. The maximum Gasteiger partial charge on any atom is 0.188 e. The Bertz CT molecular complexity index is 689. The quantitative estimate of drug-likeness (QED) is 0.752. The molecule has 0 aliphatic heterocycles. The van der Waals surface area contributed by atoms with Crippen LogP contribution in [0.2, 0.25) is 0 Å². The smallest absolute Gasteiger partial charge is 0.188 e. The Hall–Kier alpha value is -2.33. The van der Waals surface area contributed by atoms with Crippen molar-refractivity contribution in [2.45, 2.75) is 13.8 Å². The van der Waals surface area contributed by atoms with Crippen LogP contribution in [0.15, 0.2) is 72.7 Å². The number of hydrogen-bond acceptors (Lipinski definition) is 4. The molecule has 0 aliphatic rings. The molecule has 0 saturated carbocycles. The van der Waals surface area contributed by atoms with Crippen LogP contribution >= 0.6 is 11.3 Å². The fourth-order valence-electron chi connectivity index (χ4n) is 2.04. The lowest BCUT2D eigenvalue weighted by Gasteiger charge is -2.14. The fraction of sp³-hybridized carbons (Fsp3) is 0.118. The number of anilines is 1. The molecule has 0 unspecified atom stereocenters. The summed E-state index contributed by atoms with van der Waals surface area (Å²) in [6, 6.07) is 8.08. The number of aromatic nitrogens is 1. The highest BCUT2D eigenvalue weighted by atomic mass is 32.1. The van der Waals surface area contributed by atoms with Crippen molar-refractivity contribution in [1.82, 2.24) is 10.3 Å². The van der Waals surface area contributed by atoms with Gasteiger partial charge >= 0.3 is 0 Å². The molecule has 4 heteroatoms. The first-order chi connectivity index (χ1) is 10.2. The number of benzene rings is 1. The van der Waals surface area contributed by atoms with E-state index in [1.165, 1.54) is 0 Å². The van der Waals surface area contributed by atoms with Gasteiger partial charge in [-0.2, -0.15) is 0 Å². The lowest BCUT2D eigenvalue weighted by molar-refractivity contribution is 1.07. The van der Waals surface area contributed by atoms with E-state index in [1.807, 2.05) is 44.2 Å². The van der Waals surface area contributed by atoms with E-state index in [9.17, 15) is 0 Å². The Labute approximate surface area is 129 Å². The van der Waals surface area contributed by atoms with Crippen LogP contribution in [0.3, 0.4) is 0 Å². The highest BCUT2D eigenvalue weighted by Gasteiger charge is 2.09. The molecule has 3 nitrogen and oxygen atoms in total. The molecule has 0 atom stereocenters. The van der Waals surface area contributed by atoms with E-state index in [0.717, 1.165) is 32.3 Å². The van der Waals surface area contributed by atoms with Gasteiger partial charge in [0.2, 0.25) is 0 Å². The summed E-state index contributed by atoms with van der Waals surface area (Å²) in [6.45, 7) is 11.8. The van der Waals surface area contributed by atoms with E-state index in [4.69, 9.17) is 0 Å². The first-order valence-electron chi connectivity index (χ1n) is 6.72. The number of nitrogens with one attached hydrogen (secondary N) is 2. The lowest BCUT2D eigenvalue weighted by Crippen LogP contribution is -2.12. The number of fused-ring (bicyclic) bond motifs is 1. The maximum atomic E-state index is 4.56. The summed E-state index contributed by atoms with van der Waals surface area (Å²) in [5.41, 5.74) is 3.76. The maximum absolute atomic E-state index is 4.56. The summed E-state index contributed by atoms with van der Waals surface area (Å²) in [6.07, 6.45) is 5.65. The molecule has 0 aliphatic carbocycles. The molecule has 1 heterocycles. The van der Waals surface area contributed by atoms with Gasteiger partial charge in [0.1, 0.15) is 0 Å². The van der Waals surface area contributed by atoms with Gasteiger partial charge < -0.3 is 10.6 Å². The molecule has 0 amide bonds. The van der Waals surface area contributed by atoms with Crippen LogP contribution in [0.25, 0.3) is 10.2 Å². The standard InChI is InChI=1S/C17H19N3S/c1-5-13(14(6-2)18-7-3)12(4)19-17-20-15-10-8-9-11-16(15)21-17/h5-11,18H,3-4H2,1-2H3,(H,19,20)/b13-5-,14-6+. The van der Waals surface area contributed by atoms with Gasteiger partial charge in [0.15, 0.2) is 5.13 Å². The third-order valence-corrected chi connectivity index (χ3v) is 3.95. The summed E-state index contributed by atoms with van der Waals surface area (Å²) in [4.78, 5) is 4.56. The normalized spacial score (nSPS) is 12.3. The van der Waals surface area contributed by atoms with Crippen LogP contribution in [-0.2, 0) is 0 Å². The van der Waals surface area contributed by atoms with Gasteiger partial charge in [-0.15, -0.1) is 0 Å². The number of allylic oxidation sites excluding steroid dienone is 2. The van der Waals surface area contributed by atoms with Gasteiger partial charge in [0, 0.05) is 17.0 Å². The molecule has 1 aromatic heterocycles. The van der Waals surface area contributed by atoms with E-state index in [0.29, 0.717) is 0 Å². The van der Waals surface area contributed by atoms with Crippen molar-refractivity contribution in [2.75, 3.05) is 5.32 Å². The third-order valence-electron chi connectivity index (χ3n) is 3.00. The van der Waals surface area contributed by atoms with Crippen molar-refractivity contribution in [3.63, 3.8) is 0 Å². The first-order valence-corrected chi connectivity index (χ1v) is 7.53. The number of thiazole rings is 1. The Morgan fingerprint density at radius 2 is 2.00 bits per heavy atom. The molecular weight excluding hydrogens is 278 g/mol.